The van der Waals surface area contributed by atoms with Crippen molar-refractivity contribution in [3.8, 4) is 0 Å². The first kappa shape index (κ1) is 36.2. The lowest BCUT2D eigenvalue weighted by Crippen LogP contribution is -2.58. The van der Waals surface area contributed by atoms with E-state index in [0.29, 0.717) is 16.8 Å². The zero-order valence-electron chi connectivity index (χ0n) is 27.5. The molecule has 0 aliphatic carbocycles. The number of carbonyl (C=O) groups excluding carboxylic acids is 1. The second-order valence-corrected chi connectivity index (χ2v) is 29.3. The largest absolute Gasteiger partial charge is 0.415 e. The Morgan fingerprint density at radius 3 is 2.17 bits per heavy atom. The molecule has 0 amide bonds. The monoisotopic (exact) mass is 703 g/mol. The van der Waals surface area contributed by atoms with E-state index >= 15 is 0 Å². The minimum absolute atomic E-state index is 0.0234. The number of aromatic nitrogens is 1. The van der Waals surface area contributed by atoms with Crippen LogP contribution < -0.4 is 0 Å². The molecule has 2 fully saturated rings. The fourth-order valence-corrected chi connectivity index (χ4v) is 9.49. The summed E-state index contributed by atoms with van der Waals surface area (Å²) in [6.07, 6.45) is 1.34. The molecule has 8 nitrogen and oxygen atoms in total. The quantitative estimate of drug-likeness (QED) is 0.122. The molecule has 2 aliphatic heterocycles. The summed E-state index contributed by atoms with van der Waals surface area (Å²) in [6.45, 7) is 24.5. The molecule has 12 heteroatoms. The number of hydrogen-bond donors (Lipinski definition) is 1. The fraction of sp³-hybridized carbons (Fsp3) is 0.800. The summed E-state index contributed by atoms with van der Waals surface area (Å²) >= 11 is 3.31. The Hall–Kier alpha value is -0.289. The van der Waals surface area contributed by atoms with Crippen molar-refractivity contribution in [3.05, 3.63) is 28.5 Å². The molecule has 2 aliphatic rings. The van der Waals surface area contributed by atoms with Crippen molar-refractivity contribution >= 4 is 46.7 Å². The van der Waals surface area contributed by atoms with Crippen molar-refractivity contribution in [2.24, 2.45) is 11.8 Å². The van der Waals surface area contributed by atoms with Crippen molar-refractivity contribution in [1.29, 1.82) is 0 Å². The maximum absolute atomic E-state index is 13.3. The first-order valence-electron chi connectivity index (χ1n) is 15.3. The predicted octanol–water partition coefficient (Wildman–Crippen LogP) is 6.72. The molecule has 0 spiro atoms. The number of pyridine rings is 1. The Bertz CT molecular complexity index is 1030. The second-order valence-electron chi connectivity index (χ2n) is 15.1. The highest BCUT2D eigenvalue weighted by molar-refractivity contribution is 9.10. The van der Waals surface area contributed by atoms with Gasteiger partial charge in [-0.15, -0.1) is 0 Å². The van der Waals surface area contributed by atoms with Crippen LogP contribution in [-0.4, -0.2) is 84.1 Å². The van der Waals surface area contributed by atoms with Gasteiger partial charge in [0.1, 0.15) is 10.4 Å². The molecule has 0 bridgehead atoms. The average Bonchev–Trinajstić information content (AvgIpc) is 3.59. The normalized spacial score (nSPS) is 29.2. The third-order valence-electron chi connectivity index (χ3n) is 7.59. The number of rotatable bonds is 15. The van der Waals surface area contributed by atoms with Gasteiger partial charge < -0.3 is 27.9 Å². The van der Waals surface area contributed by atoms with E-state index in [1.54, 1.807) is 18.3 Å². The van der Waals surface area contributed by atoms with Crippen LogP contribution in [0.4, 0.5) is 0 Å². The summed E-state index contributed by atoms with van der Waals surface area (Å²) in [7, 11) is -5.65. The van der Waals surface area contributed by atoms with Crippen LogP contribution in [0.5, 0.6) is 0 Å². The lowest BCUT2D eigenvalue weighted by Gasteiger charge is -2.47. The number of ketones is 1. The van der Waals surface area contributed by atoms with E-state index in [-0.39, 0.29) is 67.1 Å². The summed E-state index contributed by atoms with van der Waals surface area (Å²) in [5, 5.41) is 10.7. The molecular formula is C30H54BrNO7Si3. The third-order valence-corrected chi connectivity index (χ3v) is 11.1. The van der Waals surface area contributed by atoms with E-state index in [9.17, 15) is 9.90 Å². The van der Waals surface area contributed by atoms with Crippen LogP contribution in [0.25, 0.3) is 0 Å². The number of carbonyl (C=O) groups is 1. The highest BCUT2D eigenvalue weighted by Crippen LogP contribution is 2.40. The second kappa shape index (κ2) is 14.4. The van der Waals surface area contributed by atoms with Gasteiger partial charge in [0.2, 0.25) is 0 Å². The highest BCUT2D eigenvalue weighted by atomic mass is 79.9. The van der Waals surface area contributed by atoms with Crippen molar-refractivity contribution in [2.45, 2.75) is 135 Å². The summed E-state index contributed by atoms with van der Waals surface area (Å²) in [6, 6.07) is 3.55. The van der Waals surface area contributed by atoms with E-state index in [1.807, 2.05) is 0 Å². The fourth-order valence-electron chi connectivity index (χ4n) is 5.68. The lowest BCUT2D eigenvalue weighted by atomic mass is 9.85. The maximum atomic E-state index is 13.3. The molecule has 240 valence electrons. The van der Waals surface area contributed by atoms with Gasteiger partial charge in [-0.3, -0.25) is 4.79 Å². The highest BCUT2D eigenvalue weighted by Gasteiger charge is 2.51. The van der Waals surface area contributed by atoms with Crippen LogP contribution in [0, 0.1) is 11.8 Å². The first-order chi connectivity index (χ1) is 19.2. The Morgan fingerprint density at radius 1 is 1.00 bits per heavy atom. The Kier molecular flexibility index (Phi) is 12.4. The number of aliphatic hydroxyl groups is 1. The van der Waals surface area contributed by atoms with E-state index in [0.717, 1.165) is 6.42 Å². The molecule has 0 aromatic carbocycles. The molecule has 1 aromatic rings. The molecule has 1 unspecified atom stereocenters. The van der Waals surface area contributed by atoms with Gasteiger partial charge in [0.15, 0.2) is 25.0 Å². The number of Topliss-reactive ketones (excluding diaryl/α,β-unsaturated/α-hetero) is 1. The minimum atomic E-state index is -2.01. The summed E-state index contributed by atoms with van der Waals surface area (Å²) in [4.78, 5) is 17.4. The van der Waals surface area contributed by atoms with Gasteiger partial charge in [0, 0.05) is 43.4 Å². The van der Waals surface area contributed by atoms with E-state index in [2.05, 4.69) is 93.7 Å². The van der Waals surface area contributed by atoms with Gasteiger partial charge in [-0.05, 0) is 93.4 Å². The number of ether oxygens (including phenoxy) is 2. The predicted molar refractivity (Wildman–Crippen MR) is 177 cm³/mol. The van der Waals surface area contributed by atoms with E-state index < -0.39 is 31.1 Å². The Balaban J connectivity index is 1.73. The van der Waals surface area contributed by atoms with Gasteiger partial charge >= 0.3 is 0 Å². The van der Waals surface area contributed by atoms with Gasteiger partial charge in [-0.1, -0.05) is 13.0 Å². The molecule has 3 heterocycles. The van der Waals surface area contributed by atoms with Crippen molar-refractivity contribution in [2.75, 3.05) is 6.61 Å². The van der Waals surface area contributed by atoms with E-state index in [1.165, 1.54) is 0 Å². The summed E-state index contributed by atoms with van der Waals surface area (Å²) in [5.41, 5.74) is 0.624. The third kappa shape index (κ3) is 11.6. The lowest BCUT2D eigenvalue weighted by molar-refractivity contribution is -0.159. The molecule has 0 saturated carbocycles. The number of epoxide rings is 1. The first-order valence-corrected chi connectivity index (χ1v) is 26.4. The standard InChI is InChI=1S/C30H54BrNO7Si3/c1-19(20(2)37-40(3,4)5)28-26(36-28)16-25-30(39-42(9,10)11)29(38-41(6,7)8)22(18-35-25)14-23(33)15-24(34)21-12-13-27(31)32-17-21/h12-13,17,19-20,22,24-26,28-30,34H,14-16,18H2,1-11H3/t19-,20+,22+,24?,25+,26+,28+,29-,30-/m1/s1. The van der Waals surface area contributed by atoms with Crippen molar-refractivity contribution in [1.82, 2.24) is 4.98 Å². The van der Waals surface area contributed by atoms with Crippen molar-refractivity contribution in [3.63, 3.8) is 0 Å². The van der Waals surface area contributed by atoms with E-state index in [4.69, 9.17) is 22.8 Å². The maximum Gasteiger partial charge on any atom is 0.184 e. The molecule has 42 heavy (non-hydrogen) atoms. The number of aliphatic hydroxyl groups excluding tert-OH is 1. The Labute approximate surface area is 265 Å². The van der Waals surface area contributed by atoms with Gasteiger partial charge in [-0.25, -0.2) is 4.98 Å². The number of hydrogen-bond acceptors (Lipinski definition) is 8. The molecule has 9 atom stereocenters. The van der Waals surface area contributed by atoms with Crippen LogP contribution in [0.15, 0.2) is 22.9 Å². The minimum Gasteiger partial charge on any atom is -0.415 e. The van der Waals surface area contributed by atoms with Crippen LogP contribution >= 0.6 is 15.9 Å². The number of nitrogens with zero attached hydrogens (tertiary/aromatic N) is 1. The van der Waals surface area contributed by atoms with Crippen LogP contribution in [0.3, 0.4) is 0 Å². The van der Waals surface area contributed by atoms with Crippen LogP contribution in [0.1, 0.15) is 44.8 Å². The van der Waals surface area contributed by atoms with Gasteiger partial charge in [0.05, 0.1) is 43.2 Å². The topological polar surface area (TPSA) is 99.6 Å². The van der Waals surface area contributed by atoms with Crippen LogP contribution in [0.2, 0.25) is 58.9 Å². The molecule has 1 N–H and O–H groups in total. The van der Waals surface area contributed by atoms with Crippen molar-refractivity contribution < 1.29 is 32.7 Å². The number of halogens is 1. The summed E-state index contributed by atoms with van der Waals surface area (Å²) in [5.74, 6) is 0.106. The van der Waals surface area contributed by atoms with Gasteiger partial charge in [0.25, 0.3) is 0 Å². The molecule has 2 saturated heterocycles. The van der Waals surface area contributed by atoms with Crippen LogP contribution in [-0.2, 0) is 27.5 Å². The molecular weight excluding hydrogens is 650 g/mol. The molecule has 0 radical (unpaired) electrons. The Morgan fingerprint density at radius 2 is 1.62 bits per heavy atom. The zero-order valence-corrected chi connectivity index (χ0v) is 32.1. The molecule has 1 aromatic heterocycles. The SMILES string of the molecule is C[C@@H]([C@@H]1O[C@H]1C[C@@H]1OC[C@H](CC(=O)CC(O)c2ccc(Br)nc2)[C@@H](O[Si](C)(C)C)[C@@H]1O[Si](C)(C)C)[C@H](C)O[Si](C)(C)C. The molecule has 3 rings (SSSR count). The van der Waals surface area contributed by atoms with Gasteiger partial charge in [-0.2, -0.15) is 0 Å². The summed E-state index contributed by atoms with van der Waals surface area (Å²) < 4.78 is 33.4. The zero-order chi connectivity index (χ0) is 31.6. The average molecular weight is 705 g/mol. The smallest absolute Gasteiger partial charge is 0.184 e.